The van der Waals surface area contributed by atoms with Crippen molar-refractivity contribution in [3.63, 3.8) is 0 Å². The number of para-hydroxylation sites is 1. The monoisotopic (exact) mass is 444 g/mol. The van der Waals surface area contributed by atoms with Gasteiger partial charge in [-0.25, -0.2) is 4.79 Å². The minimum atomic E-state index is -0.601. The molecule has 1 atom stereocenters. The van der Waals surface area contributed by atoms with Crippen LogP contribution in [0, 0.1) is 0 Å². The second kappa shape index (κ2) is 9.99. The summed E-state index contributed by atoms with van der Waals surface area (Å²) < 4.78 is 10.6. The molecule has 0 radical (unpaired) electrons. The molecule has 1 aliphatic rings. The molecule has 0 aromatic heterocycles. The van der Waals surface area contributed by atoms with E-state index in [0.717, 1.165) is 11.1 Å². The van der Waals surface area contributed by atoms with Crippen LogP contribution in [0.4, 0.5) is 5.69 Å². The van der Waals surface area contributed by atoms with Gasteiger partial charge in [0.1, 0.15) is 5.75 Å². The molecule has 7 heteroatoms. The largest absolute Gasteiger partial charge is 0.480 e. The van der Waals surface area contributed by atoms with Gasteiger partial charge in [0.25, 0.3) is 5.91 Å². The molecule has 33 heavy (non-hydrogen) atoms. The Morgan fingerprint density at radius 2 is 1.73 bits per heavy atom. The fourth-order valence-electron chi connectivity index (χ4n) is 3.72. The van der Waals surface area contributed by atoms with E-state index in [0.29, 0.717) is 23.4 Å². The third-order valence-corrected chi connectivity index (χ3v) is 5.31. The maximum absolute atomic E-state index is 12.6. The number of methoxy groups -OCH3 is 1. The number of anilines is 1. The third-order valence-electron chi connectivity index (χ3n) is 5.31. The number of ether oxygens (including phenoxy) is 2. The molecule has 2 amide bonds. The molecule has 3 aromatic rings. The Labute approximate surface area is 191 Å². The number of benzene rings is 3. The Morgan fingerprint density at radius 3 is 2.48 bits per heavy atom. The number of carbonyl (C=O) groups is 3. The zero-order chi connectivity index (χ0) is 23.2. The normalized spacial score (nSPS) is 14.0. The Hall–Kier alpha value is -4.13. The molecule has 0 fully saturated rings. The van der Waals surface area contributed by atoms with Crippen molar-refractivity contribution >= 4 is 23.5 Å². The lowest BCUT2D eigenvalue weighted by molar-refractivity contribution is -0.127. The lowest BCUT2D eigenvalue weighted by atomic mass is 10.1. The number of esters is 1. The number of hydrogen-bond donors (Lipinski definition) is 2. The maximum atomic E-state index is 12.6. The second-order valence-corrected chi connectivity index (χ2v) is 7.76. The van der Waals surface area contributed by atoms with Crippen molar-refractivity contribution in [2.75, 3.05) is 12.4 Å². The first-order valence-electron chi connectivity index (χ1n) is 10.6. The first-order chi connectivity index (χ1) is 16.0. The van der Waals surface area contributed by atoms with Crippen LogP contribution in [-0.2, 0) is 33.7 Å². The van der Waals surface area contributed by atoms with E-state index >= 15 is 0 Å². The van der Waals surface area contributed by atoms with E-state index in [1.54, 1.807) is 18.2 Å². The van der Waals surface area contributed by atoms with Gasteiger partial charge in [-0.15, -0.1) is 0 Å². The van der Waals surface area contributed by atoms with Gasteiger partial charge in [0.2, 0.25) is 5.91 Å². The van der Waals surface area contributed by atoms with Crippen molar-refractivity contribution in [2.45, 2.75) is 25.5 Å². The highest BCUT2D eigenvalue weighted by atomic mass is 16.5. The summed E-state index contributed by atoms with van der Waals surface area (Å²) in [6.07, 6.45) is 0.108. The molecule has 168 valence electrons. The minimum absolute atomic E-state index is 0.168. The first-order valence-corrected chi connectivity index (χ1v) is 10.6. The second-order valence-electron chi connectivity index (χ2n) is 7.76. The summed E-state index contributed by atoms with van der Waals surface area (Å²) in [5, 5.41) is 5.67. The van der Waals surface area contributed by atoms with Gasteiger partial charge in [-0.1, -0.05) is 48.5 Å². The van der Waals surface area contributed by atoms with Crippen molar-refractivity contribution in [3.8, 4) is 5.75 Å². The molecule has 1 heterocycles. The van der Waals surface area contributed by atoms with Crippen molar-refractivity contribution in [1.29, 1.82) is 0 Å². The quantitative estimate of drug-likeness (QED) is 0.546. The summed E-state index contributed by atoms with van der Waals surface area (Å²) in [5.74, 6) is -0.273. The highest BCUT2D eigenvalue weighted by Crippen LogP contribution is 2.28. The maximum Gasteiger partial charge on any atom is 0.337 e. The van der Waals surface area contributed by atoms with Crippen LogP contribution in [0.5, 0.6) is 5.75 Å². The van der Waals surface area contributed by atoms with Crippen LogP contribution in [0.2, 0.25) is 0 Å². The van der Waals surface area contributed by atoms with Gasteiger partial charge >= 0.3 is 5.97 Å². The van der Waals surface area contributed by atoms with Crippen molar-refractivity contribution in [3.05, 3.63) is 95.1 Å². The molecule has 0 spiro atoms. The molecule has 1 aliphatic heterocycles. The molecule has 0 bridgehead atoms. The molecule has 2 N–H and O–H groups in total. The van der Waals surface area contributed by atoms with Crippen LogP contribution in [-0.4, -0.2) is 31.0 Å². The topological polar surface area (TPSA) is 93.7 Å². The van der Waals surface area contributed by atoms with Gasteiger partial charge in [-0.2, -0.15) is 0 Å². The number of nitrogens with one attached hydrogen (secondary N) is 2. The zero-order valence-electron chi connectivity index (χ0n) is 18.2. The Morgan fingerprint density at radius 1 is 0.970 bits per heavy atom. The average Bonchev–Trinajstić information content (AvgIpc) is 3.27. The molecule has 3 aromatic carbocycles. The first kappa shape index (κ1) is 22.1. The third kappa shape index (κ3) is 5.57. The van der Waals surface area contributed by atoms with Crippen molar-refractivity contribution in [1.82, 2.24) is 5.32 Å². The Balaban J connectivity index is 1.43. The van der Waals surface area contributed by atoms with Crippen LogP contribution in [0.1, 0.15) is 27.0 Å². The van der Waals surface area contributed by atoms with E-state index in [9.17, 15) is 14.4 Å². The number of rotatable bonds is 7. The number of carbonyl (C=O) groups excluding carboxylic acids is 3. The molecule has 0 saturated carbocycles. The van der Waals surface area contributed by atoms with Gasteiger partial charge in [0, 0.05) is 18.7 Å². The van der Waals surface area contributed by atoms with Crippen LogP contribution in [0.3, 0.4) is 0 Å². The number of fused-ring (bicyclic) bond motifs is 1. The average molecular weight is 444 g/mol. The Bertz CT molecular complexity index is 1150. The minimum Gasteiger partial charge on any atom is -0.480 e. The van der Waals surface area contributed by atoms with E-state index in [2.05, 4.69) is 10.6 Å². The lowest BCUT2D eigenvalue weighted by Crippen LogP contribution is -2.37. The Kier molecular flexibility index (Phi) is 6.69. The summed E-state index contributed by atoms with van der Waals surface area (Å²) in [4.78, 5) is 37.2. The van der Waals surface area contributed by atoms with Gasteiger partial charge in [0.05, 0.1) is 19.1 Å². The molecule has 7 nitrogen and oxygen atoms in total. The zero-order valence-corrected chi connectivity index (χ0v) is 18.2. The van der Waals surface area contributed by atoms with E-state index in [1.807, 2.05) is 54.6 Å². The highest BCUT2D eigenvalue weighted by Gasteiger charge is 2.28. The van der Waals surface area contributed by atoms with Crippen molar-refractivity contribution in [2.24, 2.45) is 0 Å². The predicted octanol–water partition coefficient (Wildman–Crippen LogP) is 3.27. The van der Waals surface area contributed by atoms with Gasteiger partial charge in [-0.3, -0.25) is 9.59 Å². The van der Waals surface area contributed by atoms with Gasteiger partial charge < -0.3 is 20.1 Å². The number of amides is 2. The molecule has 0 unspecified atom stereocenters. The number of hydrogen-bond acceptors (Lipinski definition) is 5. The van der Waals surface area contributed by atoms with E-state index in [4.69, 9.17) is 9.47 Å². The predicted molar refractivity (Wildman–Crippen MR) is 123 cm³/mol. The highest BCUT2D eigenvalue weighted by molar-refractivity contribution is 5.95. The van der Waals surface area contributed by atoms with Gasteiger partial charge in [0.15, 0.2) is 6.10 Å². The summed E-state index contributed by atoms with van der Waals surface area (Å²) in [6.45, 7) is 0.168. The van der Waals surface area contributed by atoms with Crippen LogP contribution >= 0.6 is 0 Å². The fraction of sp³-hybridized carbons (Fsp3) is 0.192. The molecule has 0 saturated heterocycles. The van der Waals surface area contributed by atoms with Crippen LogP contribution in [0.25, 0.3) is 0 Å². The van der Waals surface area contributed by atoms with E-state index < -0.39 is 12.1 Å². The van der Waals surface area contributed by atoms with Crippen molar-refractivity contribution < 1.29 is 23.9 Å². The molecular weight excluding hydrogens is 420 g/mol. The molecule has 4 rings (SSSR count). The SMILES string of the molecule is COC(=O)c1cc(CNC(=O)[C@H]2Cc3ccccc3O2)cc(NC(=O)Cc2ccccc2)c1. The van der Waals surface area contributed by atoms with Crippen LogP contribution < -0.4 is 15.4 Å². The standard InChI is InChI=1S/C26H24N2O5/c1-32-26(31)20-11-18(12-21(14-20)28-24(29)13-17-7-3-2-4-8-17)16-27-25(30)23-15-19-9-5-6-10-22(19)33-23/h2-12,14,23H,13,15-16H2,1H3,(H,27,30)(H,28,29)/t23-/m1/s1. The fourth-order valence-corrected chi connectivity index (χ4v) is 3.72. The van der Waals surface area contributed by atoms with E-state index in [-0.39, 0.29) is 30.3 Å². The summed E-state index contributed by atoms with van der Waals surface area (Å²) in [6, 6.07) is 21.8. The summed E-state index contributed by atoms with van der Waals surface area (Å²) in [7, 11) is 1.29. The summed E-state index contributed by atoms with van der Waals surface area (Å²) in [5.41, 5.74) is 3.26. The molecule has 0 aliphatic carbocycles. The lowest BCUT2D eigenvalue weighted by Gasteiger charge is -2.13. The summed E-state index contributed by atoms with van der Waals surface area (Å²) >= 11 is 0. The van der Waals surface area contributed by atoms with E-state index in [1.165, 1.54) is 7.11 Å². The molecular formula is C26H24N2O5. The van der Waals surface area contributed by atoms with Gasteiger partial charge in [-0.05, 0) is 41.0 Å². The van der Waals surface area contributed by atoms with Crippen LogP contribution in [0.15, 0.2) is 72.8 Å². The smallest absolute Gasteiger partial charge is 0.337 e.